The van der Waals surface area contributed by atoms with Gasteiger partial charge in [0.15, 0.2) is 0 Å². The molecule has 4 rings (SSSR count). The third kappa shape index (κ3) is 4.58. The molecule has 0 radical (unpaired) electrons. The summed E-state index contributed by atoms with van der Waals surface area (Å²) < 4.78 is 83.2. The average Bonchev–Trinajstić information content (AvgIpc) is 2.99. The lowest BCUT2D eigenvalue weighted by molar-refractivity contribution is -0.143. The molecule has 2 amide bonds. The number of carbonyl (C=O) groups excluding carboxylic acids is 2. The van der Waals surface area contributed by atoms with Gasteiger partial charge in [0.25, 0.3) is 0 Å². The zero-order chi connectivity index (χ0) is 24.0. The van der Waals surface area contributed by atoms with Crippen LogP contribution in [0.4, 0.5) is 26.3 Å². The SMILES string of the molecule is O=C1C2C=C=C=CC2C(=O)N1Cc1ccc(Oc2cc(C(F)(F)F)cc(C(F)(F)F)c2)cc1. The normalized spacial score (nSPS) is 19.9. The Morgan fingerprint density at radius 2 is 1.24 bits per heavy atom. The number of benzene rings is 2. The van der Waals surface area contributed by atoms with E-state index in [4.69, 9.17) is 4.74 Å². The first-order valence-electron chi connectivity index (χ1n) is 9.53. The molecular weight excluding hydrogens is 452 g/mol. The first kappa shape index (κ1) is 22.5. The van der Waals surface area contributed by atoms with Crippen molar-refractivity contribution in [2.75, 3.05) is 0 Å². The lowest BCUT2D eigenvalue weighted by atomic mass is 9.93. The summed E-state index contributed by atoms with van der Waals surface area (Å²) >= 11 is 0. The molecule has 1 aliphatic carbocycles. The van der Waals surface area contributed by atoms with Gasteiger partial charge in [0, 0.05) is 0 Å². The quantitative estimate of drug-likeness (QED) is 0.341. The van der Waals surface area contributed by atoms with Crippen LogP contribution < -0.4 is 4.74 Å². The van der Waals surface area contributed by atoms with Gasteiger partial charge in [0.1, 0.15) is 11.5 Å². The molecule has 0 saturated carbocycles. The van der Waals surface area contributed by atoms with Gasteiger partial charge in [0.2, 0.25) is 11.8 Å². The Morgan fingerprint density at radius 3 is 1.70 bits per heavy atom. The van der Waals surface area contributed by atoms with Gasteiger partial charge in [-0.15, -0.1) is 0 Å². The minimum absolute atomic E-state index is 0.0114. The Bertz CT molecular complexity index is 1150. The van der Waals surface area contributed by atoms with E-state index in [1.54, 1.807) is 0 Å². The summed E-state index contributed by atoms with van der Waals surface area (Å²) in [6.45, 7) is -0.0472. The molecule has 4 nitrogen and oxygen atoms in total. The van der Waals surface area contributed by atoms with Crippen LogP contribution in [0.5, 0.6) is 11.5 Å². The van der Waals surface area contributed by atoms with E-state index in [1.165, 1.54) is 36.4 Å². The van der Waals surface area contributed by atoms with Gasteiger partial charge in [-0.05, 0) is 48.0 Å². The zero-order valence-electron chi connectivity index (χ0n) is 16.5. The second kappa shape index (κ2) is 7.99. The Balaban J connectivity index is 1.52. The van der Waals surface area contributed by atoms with E-state index in [2.05, 4.69) is 11.5 Å². The van der Waals surface area contributed by atoms with E-state index < -0.39 is 41.1 Å². The maximum absolute atomic E-state index is 13.0. The Labute approximate surface area is 183 Å². The number of fused-ring (bicyclic) bond motifs is 1. The fraction of sp³-hybridized carbons (Fsp3) is 0.217. The van der Waals surface area contributed by atoms with E-state index in [0.717, 1.165) is 4.90 Å². The highest BCUT2D eigenvalue weighted by molar-refractivity contribution is 6.06. The Hall–Kier alpha value is -3.74. The molecule has 0 aromatic heterocycles. The number of hydrogen-bond acceptors (Lipinski definition) is 3. The van der Waals surface area contributed by atoms with Crippen molar-refractivity contribution in [3.05, 3.63) is 82.8 Å². The third-order valence-corrected chi connectivity index (χ3v) is 5.16. The summed E-state index contributed by atoms with van der Waals surface area (Å²) in [6.07, 6.45) is -7.03. The van der Waals surface area contributed by atoms with E-state index in [-0.39, 0.29) is 30.2 Å². The molecule has 2 aromatic rings. The lowest BCUT2D eigenvalue weighted by Crippen LogP contribution is -2.30. The van der Waals surface area contributed by atoms with Crippen LogP contribution >= 0.6 is 0 Å². The van der Waals surface area contributed by atoms with Crippen molar-refractivity contribution in [1.29, 1.82) is 0 Å². The number of amides is 2. The van der Waals surface area contributed by atoms with Crippen molar-refractivity contribution in [2.24, 2.45) is 11.8 Å². The fourth-order valence-electron chi connectivity index (χ4n) is 3.52. The highest BCUT2D eigenvalue weighted by atomic mass is 19.4. The number of halogens is 6. The first-order chi connectivity index (χ1) is 15.4. The monoisotopic (exact) mass is 465 g/mol. The van der Waals surface area contributed by atoms with Crippen LogP contribution in [0.2, 0.25) is 0 Å². The third-order valence-electron chi connectivity index (χ3n) is 5.16. The smallest absolute Gasteiger partial charge is 0.416 e. The number of imide groups is 1. The number of nitrogens with zero attached hydrogens (tertiary/aromatic N) is 1. The van der Waals surface area contributed by atoms with Crippen molar-refractivity contribution in [3.8, 4) is 11.5 Å². The molecule has 2 atom stereocenters. The van der Waals surface area contributed by atoms with E-state index in [9.17, 15) is 35.9 Å². The number of hydrogen-bond donors (Lipinski definition) is 0. The van der Waals surface area contributed by atoms with Crippen LogP contribution in [0, 0.1) is 11.8 Å². The van der Waals surface area contributed by atoms with Gasteiger partial charge in [0.05, 0.1) is 29.5 Å². The Morgan fingerprint density at radius 1 is 0.758 bits per heavy atom. The van der Waals surface area contributed by atoms with Crippen molar-refractivity contribution in [3.63, 3.8) is 0 Å². The van der Waals surface area contributed by atoms with Crippen LogP contribution in [0.3, 0.4) is 0 Å². The number of ether oxygens (including phenoxy) is 1. The number of carbonyl (C=O) groups is 2. The first-order valence-corrected chi connectivity index (χ1v) is 9.53. The van der Waals surface area contributed by atoms with Crippen molar-refractivity contribution >= 4 is 11.8 Å². The summed E-state index contributed by atoms with van der Waals surface area (Å²) in [5.74, 6) is -2.70. The minimum Gasteiger partial charge on any atom is -0.457 e. The number of rotatable bonds is 4. The van der Waals surface area contributed by atoms with Crippen molar-refractivity contribution in [1.82, 2.24) is 4.90 Å². The van der Waals surface area contributed by atoms with Crippen LogP contribution in [-0.2, 0) is 28.5 Å². The van der Waals surface area contributed by atoms with Crippen LogP contribution in [0.15, 0.2) is 66.1 Å². The maximum atomic E-state index is 13.0. The van der Waals surface area contributed by atoms with Gasteiger partial charge in [-0.1, -0.05) is 23.6 Å². The molecule has 0 bridgehead atoms. The summed E-state index contributed by atoms with van der Waals surface area (Å²) in [6, 6.07) is 6.52. The zero-order valence-corrected chi connectivity index (χ0v) is 16.5. The molecule has 1 heterocycles. The summed E-state index contributed by atoms with van der Waals surface area (Å²) in [5, 5.41) is 0. The molecule has 2 aromatic carbocycles. The second-order valence-electron chi connectivity index (χ2n) is 7.42. The van der Waals surface area contributed by atoms with Crippen LogP contribution in [-0.4, -0.2) is 16.7 Å². The lowest BCUT2D eigenvalue weighted by Gasteiger charge is -2.16. The second-order valence-corrected chi connectivity index (χ2v) is 7.42. The molecule has 1 saturated heterocycles. The summed E-state index contributed by atoms with van der Waals surface area (Å²) in [7, 11) is 0. The van der Waals surface area contributed by atoms with E-state index >= 15 is 0 Å². The van der Waals surface area contributed by atoms with E-state index in [0.29, 0.717) is 17.7 Å². The van der Waals surface area contributed by atoms with Gasteiger partial charge in [-0.3, -0.25) is 14.5 Å². The van der Waals surface area contributed by atoms with Gasteiger partial charge in [-0.25, -0.2) is 0 Å². The van der Waals surface area contributed by atoms with Crippen LogP contribution in [0.1, 0.15) is 16.7 Å². The van der Waals surface area contributed by atoms with Gasteiger partial charge >= 0.3 is 12.4 Å². The molecular formula is C23H13F6NO3. The predicted molar refractivity (Wildman–Crippen MR) is 102 cm³/mol. The highest BCUT2D eigenvalue weighted by Gasteiger charge is 2.45. The fourth-order valence-corrected chi connectivity index (χ4v) is 3.52. The molecule has 1 fully saturated rings. The maximum Gasteiger partial charge on any atom is 0.416 e. The summed E-state index contributed by atoms with van der Waals surface area (Å²) in [5.41, 5.74) is 2.86. The topological polar surface area (TPSA) is 46.6 Å². The molecule has 33 heavy (non-hydrogen) atoms. The molecule has 10 heteroatoms. The number of likely N-dealkylation sites (tertiary alicyclic amines) is 1. The van der Waals surface area contributed by atoms with Gasteiger partial charge < -0.3 is 4.74 Å². The average molecular weight is 465 g/mol. The molecule has 2 unspecified atom stereocenters. The van der Waals surface area contributed by atoms with Crippen molar-refractivity contribution in [2.45, 2.75) is 18.9 Å². The van der Waals surface area contributed by atoms with E-state index in [1.807, 2.05) is 0 Å². The molecule has 0 spiro atoms. The van der Waals surface area contributed by atoms with Crippen molar-refractivity contribution < 1.29 is 40.7 Å². The standard InChI is InChI=1S/C23H13F6NO3/c24-22(25,26)14-9-15(23(27,28)29)11-17(10-14)33-16-7-5-13(6-8-16)12-30-20(31)18-3-1-2-4-19(18)21(30)32/h3-11,18-19H,12H2. The predicted octanol–water partition coefficient (Wildman–Crippen LogP) is 5.50. The molecule has 1 aliphatic heterocycles. The van der Waals surface area contributed by atoms with Crippen LogP contribution in [0.25, 0.3) is 0 Å². The molecule has 2 aliphatic rings. The Kier molecular flexibility index (Phi) is 5.44. The molecule has 0 N–H and O–H groups in total. The summed E-state index contributed by atoms with van der Waals surface area (Å²) in [4.78, 5) is 26.0. The number of alkyl halides is 6. The minimum atomic E-state index is -4.99. The molecule has 170 valence electrons. The van der Waals surface area contributed by atoms with Gasteiger partial charge in [-0.2, -0.15) is 26.3 Å². The largest absolute Gasteiger partial charge is 0.457 e. The highest BCUT2D eigenvalue weighted by Crippen LogP contribution is 2.39.